The number of ether oxygens (including phenoxy) is 3. The summed E-state index contributed by atoms with van der Waals surface area (Å²) in [4.78, 5) is 12.2. The molecule has 30 heavy (non-hydrogen) atoms. The number of aryl methyl sites for hydroxylation is 1. The smallest absolute Gasteiger partial charge is 0.261 e. The molecule has 1 aliphatic heterocycles. The molecule has 8 nitrogen and oxygen atoms in total. The summed E-state index contributed by atoms with van der Waals surface area (Å²) in [7, 11) is 1.58. The third kappa shape index (κ3) is 3.98. The molecule has 154 valence electrons. The number of hydrazone groups is 1. The van der Waals surface area contributed by atoms with Crippen LogP contribution in [0.25, 0.3) is 0 Å². The first-order valence-electron chi connectivity index (χ1n) is 9.47. The van der Waals surface area contributed by atoms with E-state index in [0.29, 0.717) is 29.4 Å². The van der Waals surface area contributed by atoms with Gasteiger partial charge in [0.05, 0.1) is 7.11 Å². The lowest BCUT2D eigenvalue weighted by Gasteiger charge is -2.20. The second-order valence-corrected chi connectivity index (χ2v) is 6.86. The highest BCUT2D eigenvalue weighted by atomic mass is 16.5. The number of rotatable bonds is 6. The minimum atomic E-state index is -0.723. The monoisotopic (exact) mass is 406 g/mol. The maximum Gasteiger partial charge on any atom is 0.261 e. The van der Waals surface area contributed by atoms with E-state index in [1.165, 1.54) is 11.9 Å². The summed E-state index contributed by atoms with van der Waals surface area (Å²) in [6, 6.07) is 17.1. The summed E-state index contributed by atoms with van der Waals surface area (Å²) in [5, 5.41) is 12.6. The molecule has 1 aromatic heterocycles. The number of hydrogen-bond acceptors (Lipinski definition) is 6. The topological polar surface area (TPSA) is 89.0 Å². The molecule has 2 heterocycles. The van der Waals surface area contributed by atoms with Gasteiger partial charge in [-0.15, -0.1) is 5.10 Å². The van der Waals surface area contributed by atoms with Gasteiger partial charge in [-0.3, -0.25) is 9.89 Å². The van der Waals surface area contributed by atoms with E-state index in [0.717, 1.165) is 11.3 Å². The third-order valence-corrected chi connectivity index (χ3v) is 4.60. The number of methoxy groups -OCH3 is 1. The minimum absolute atomic E-state index is 0.246. The van der Waals surface area contributed by atoms with Gasteiger partial charge in [-0.2, -0.15) is 10.1 Å². The molecular weight excluding hydrogens is 384 g/mol. The van der Waals surface area contributed by atoms with Crippen molar-refractivity contribution in [3.63, 3.8) is 0 Å². The van der Waals surface area contributed by atoms with Crippen LogP contribution in [-0.2, 0) is 16.1 Å². The molecule has 0 bridgehead atoms. The second-order valence-electron chi connectivity index (χ2n) is 6.86. The Morgan fingerprint density at radius 1 is 1.17 bits per heavy atom. The van der Waals surface area contributed by atoms with E-state index < -0.39 is 6.23 Å². The zero-order valence-electron chi connectivity index (χ0n) is 17.0. The first-order valence-corrected chi connectivity index (χ1v) is 9.47. The van der Waals surface area contributed by atoms with Gasteiger partial charge >= 0.3 is 0 Å². The van der Waals surface area contributed by atoms with Crippen molar-refractivity contribution in [2.45, 2.75) is 26.7 Å². The first-order chi connectivity index (χ1) is 14.5. The molecule has 4 rings (SSSR count). The van der Waals surface area contributed by atoms with E-state index in [-0.39, 0.29) is 11.8 Å². The van der Waals surface area contributed by atoms with Gasteiger partial charge in [-0.1, -0.05) is 30.3 Å². The van der Waals surface area contributed by atoms with E-state index in [2.05, 4.69) is 15.3 Å². The van der Waals surface area contributed by atoms with E-state index in [4.69, 9.17) is 14.2 Å². The molecule has 0 unspecified atom stereocenters. The number of aromatic amines is 1. The van der Waals surface area contributed by atoms with Gasteiger partial charge in [0.2, 0.25) is 12.1 Å². The van der Waals surface area contributed by atoms with Crippen LogP contribution in [0.1, 0.15) is 35.7 Å². The average molecular weight is 406 g/mol. The molecule has 1 aliphatic rings. The number of amides is 1. The molecule has 0 spiro atoms. The fourth-order valence-electron chi connectivity index (χ4n) is 3.11. The van der Waals surface area contributed by atoms with Crippen LogP contribution in [-0.4, -0.2) is 34.1 Å². The number of nitrogens with one attached hydrogen (secondary N) is 1. The number of nitrogens with zero attached hydrogens (tertiary/aromatic N) is 3. The highest BCUT2D eigenvalue weighted by Gasteiger charge is 2.34. The van der Waals surface area contributed by atoms with Gasteiger partial charge in [0.25, 0.3) is 5.90 Å². The van der Waals surface area contributed by atoms with Gasteiger partial charge in [-0.25, -0.2) is 0 Å². The Morgan fingerprint density at radius 2 is 1.97 bits per heavy atom. The van der Waals surface area contributed by atoms with Crippen LogP contribution >= 0.6 is 0 Å². The number of benzene rings is 2. The number of carbonyl (C=O) groups excluding carboxylic acids is 1. The molecule has 0 fully saturated rings. The van der Waals surface area contributed by atoms with Crippen LogP contribution in [0.3, 0.4) is 0 Å². The van der Waals surface area contributed by atoms with Crippen LogP contribution in [0.15, 0.2) is 59.7 Å². The zero-order valence-corrected chi connectivity index (χ0v) is 17.0. The second kappa shape index (κ2) is 8.28. The summed E-state index contributed by atoms with van der Waals surface area (Å²) in [6.45, 7) is 3.71. The predicted octanol–water partition coefficient (Wildman–Crippen LogP) is 3.54. The summed E-state index contributed by atoms with van der Waals surface area (Å²) in [5.74, 6) is 1.17. The van der Waals surface area contributed by atoms with Crippen molar-refractivity contribution < 1.29 is 19.0 Å². The average Bonchev–Trinajstić information content (AvgIpc) is 3.39. The molecule has 1 atom stereocenters. The summed E-state index contributed by atoms with van der Waals surface area (Å²) >= 11 is 0. The van der Waals surface area contributed by atoms with Gasteiger partial charge in [0, 0.05) is 18.2 Å². The number of hydrogen-bond donors (Lipinski definition) is 1. The molecule has 3 aromatic rings. The normalized spacial score (nSPS) is 15.5. The largest absolute Gasteiger partial charge is 0.493 e. The quantitative estimate of drug-likeness (QED) is 0.676. The van der Waals surface area contributed by atoms with Crippen molar-refractivity contribution in [3.05, 3.63) is 77.1 Å². The molecule has 0 saturated heterocycles. The Bertz CT molecular complexity index is 1080. The van der Waals surface area contributed by atoms with Crippen molar-refractivity contribution in [2.24, 2.45) is 5.10 Å². The highest BCUT2D eigenvalue weighted by Crippen LogP contribution is 2.36. The Balaban J connectivity index is 1.60. The lowest BCUT2D eigenvalue weighted by molar-refractivity contribution is -0.135. The maximum absolute atomic E-state index is 12.2. The Morgan fingerprint density at radius 3 is 2.63 bits per heavy atom. The number of aromatic nitrogens is 2. The van der Waals surface area contributed by atoms with Gasteiger partial charge in [-0.05, 0) is 36.8 Å². The molecule has 1 N–H and O–H groups in total. The molecule has 0 saturated carbocycles. The number of H-pyrrole nitrogens is 1. The molecule has 1 amide bonds. The third-order valence-electron chi connectivity index (χ3n) is 4.60. The van der Waals surface area contributed by atoms with Crippen molar-refractivity contribution in [1.82, 2.24) is 15.2 Å². The molecule has 0 radical (unpaired) electrons. The number of carbonyl (C=O) groups is 1. The lowest BCUT2D eigenvalue weighted by atomic mass is 10.1. The van der Waals surface area contributed by atoms with E-state index in [1.54, 1.807) is 19.2 Å². The Kier molecular flexibility index (Phi) is 5.38. The SMILES string of the molecule is COc1ccc([C@@H]2OC(c3cc(C)[nH]n3)=NN2C(C)=O)cc1OCc1ccccc1. The highest BCUT2D eigenvalue weighted by molar-refractivity contribution is 5.94. The predicted molar refractivity (Wildman–Crippen MR) is 110 cm³/mol. The molecular formula is C22H22N4O4. The Labute approximate surface area is 174 Å². The molecule has 2 aromatic carbocycles. The van der Waals surface area contributed by atoms with Gasteiger partial charge < -0.3 is 14.2 Å². The summed E-state index contributed by atoms with van der Waals surface area (Å²) in [6.07, 6.45) is -0.723. The molecule has 8 heteroatoms. The van der Waals surface area contributed by atoms with Gasteiger partial charge in [0.1, 0.15) is 12.3 Å². The van der Waals surface area contributed by atoms with Crippen molar-refractivity contribution >= 4 is 11.8 Å². The zero-order chi connectivity index (χ0) is 21.1. The maximum atomic E-state index is 12.2. The summed E-state index contributed by atoms with van der Waals surface area (Å²) in [5.41, 5.74) is 3.15. The van der Waals surface area contributed by atoms with E-state index >= 15 is 0 Å². The molecule has 0 aliphatic carbocycles. The van der Waals surface area contributed by atoms with Crippen LogP contribution < -0.4 is 9.47 Å². The van der Waals surface area contributed by atoms with Crippen LogP contribution in [0.5, 0.6) is 11.5 Å². The van der Waals surface area contributed by atoms with Gasteiger partial charge in [0.15, 0.2) is 11.5 Å². The van der Waals surface area contributed by atoms with Crippen molar-refractivity contribution in [1.29, 1.82) is 0 Å². The van der Waals surface area contributed by atoms with Crippen molar-refractivity contribution in [2.75, 3.05) is 7.11 Å². The fourth-order valence-corrected chi connectivity index (χ4v) is 3.11. The summed E-state index contributed by atoms with van der Waals surface area (Å²) < 4.78 is 17.4. The van der Waals surface area contributed by atoms with E-state index in [1.807, 2.05) is 49.4 Å². The lowest BCUT2D eigenvalue weighted by Crippen LogP contribution is -2.25. The van der Waals surface area contributed by atoms with Crippen LogP contribution in [0.2, 0.25) is 0 Å². The fraction of sp³-hybridized carbons (Fsp3) is 0.227. The standard InChI is InChI=1S/C22H22N4O4/c1-14-11-18(24-23-14)21-25-26(15(2)27)22(30-21)17-9-10-19(28-3)20(12-17)29-13-16-7-5-4-6-8-16/h4-12,22H,13H2,1-3H3,(H,23,24)/t22-/m0/s1. The first kappa shape index (κ1) is 19.5. The Hall–Kier alpha value is -3.81. The van der Waals surface area contributed by atoms with Crippen LogP contribution in [0.4, 0.5) is 0 Å². The van der Waals surface area contributed by atoms with Crippen molar-refractivity contribution in [3.8, 4) is 11.5 Å². The minimum Gasteiger partial charge on any atom is -0.493 e. The van der Waals surface area contributed by atoms with Crippen LogP contribution in [0, 0.1) is 6.92 Å². The van der Waals surface area contributed by atoms with E-state index in [9.17, 15) is 4.79 Å².